The van der Waals surface area contributed by atoms with Crippen LogP contribution in [0.4, 0.5) is 13.2 Å². The zero-order valence-corrected chi connectivity index (χ0v) is 25.9. The Kier molecular flexibility index (Phi) is 8.64. The molecule has 0 fully saturated rings. The van der Waals surface area contributed by atoms with E-state index >= 15 is 0 Å². The van der Waals surface area contributed by atoms with Crippen LogP contribution in [0, 0.1) is 18.3 Å². The van der Waals surface area contributed by atoms with Crippen LogP contribution >= 0.6 is 11.6 Å². The van der Waals surface area contributed by atoms with Crippen LogP contribution in [0.5, 0.6) is 0 Å². The first-order valence-corrected chi connectivity index (χ1v) is 14.9. The van der Waals surface area contributed by atoms with E-state index in [1.807, 2.05) is 30.3 Å². The highest BCUT2D eigenvalue weighted by Crippen LogP contribution is 2.35. The summed E-state index contributed by atoms with van der Waals surface area (Å²) >= 11 is 6.22. The van der Waals surface area contributed by atoms with Crippen molar-refractivity contribution < 1.29 is 17.9 Å². The van der Waals surface area contributed by atoms with Gasteiger partial charge >= 0.3 is 6.18 Å². The van der Waals surface area contributed by atoms with Gasteiger partial charge in [0, 0.05) is 16.3 Å². The van der Waals surface area contributed by atoms with E-state index in [-0.39, 0.29) is 24.4 Å². The predicted octanol–water partition coefficient (Wildman–Crippen LogP) is 7.80. The topological polar surface area (TPSA) is 98.1 Å². The fourth-order valence-corrected chi connectivity index (χ4v) is 5.46. The van der Waals surface area contributed by atoms with Gasteiger partial charge in [-0.2, -0.15) is 18.4 Å². The summed E-state index contributed by atoms with van der Waals surface area (Å²) in [5.74, 6) is 0.312. The molecule has 47 heavy (non-hydrogen) atoms. The van der Waals surface area contributed by atoms with Crippen LogP contribution in [0.1, 0.15) is 46.9 Å². The number of aromatic nitrogens is 5. The molecule has 0 amide bonds. The fourth-order valence-electron chi connectivity index (χ4n) is 5.34. The molecule has 0 aliphatic heterocycles. The van der Waals surface area contributed by atoms with Gasteiger partial charge in [-0.1, -0.05) is 72.3 Å². The highest BCUT2D eigenvalue weighted by molar-refractivity contribution is 6.30. The van der Waals surface area contributed by atoms with E-state index in [4.69, 9.17) is 16.3 Å². The number of ether oxygens (including phenoxy) is 1. The van der Waals surface area contributed by atoms with Crippen molar-refractivity contribution in [3.8, 4) is 28.3 Å². The monoisotopic (exact) mass is 654 g/mol. The average Bonchev–Trinajstić information content (AvgIpc) is 3.51. The van der Waals surface area contributed by atoms with Crippen LogP contribution in [-0.2, 0) is 24.1 Å². The Bertz CT molecular complexity index is 2170. The molecule has 0 saturated carbocycles. The van der Waals surface area contributed by atoms with Gasteiger partial charge < -0.3 is 4.74 Å². The minimum atomic E-state index is -4.62. The summed E-state index contributed by atoms with van der Waals surface area (Å²) in [6.45, 7) is 3.37. The molecule has 0 spiro atoms. The van der Waals surface area contributed by atoms with Crippen molar-refractivity contribution in [2.45, 2.75) is 39.3 Å². The molecule has 1 atom stereocenters. The number of rotatable bonds is 8. The Morgan fingerprint density at radius 1 is 0.915 bits per heavy atom. The Balaban J connectivity index is 1.61. The van der Waals surface area contributed by atoms with E-state index in [1.54, 1.807) is 60.0 Å². The van der Waals surface area contributed by atoms with Gasteiger partial charge in [0.15, 0.2) is 11.5 Å². The second-order valence-electron chi connectivity index (χ2n) is 10.9. The molecular formula is C35H26ClF3N6O2. The molecule has 12 heteroatoms. The summed E-state index contributed by atoms with van der Waals surface area (Å²) in [5.41, 5.74) is 2.53. The SMILES string of the molecule is Cc1nc(C(F)(F)F)ccc1Cn1c(=O)c(-c2ccc(C#N)cc2)c(-c2ccc(Cl)cc2)c2nnc([C@H](C)OCc3ccccc3)n21. The van der Waals surface area contributed by atoms with E-state index in [9.17, 15) is 23.2 Å². The van der Waals surface area contributed by atoms with Crippen LogP contribution in [0.15, 0.2) is 95.8 Å². The third-order valence-electron chi connectivity index (χ3n) is 7.78. The maximum atomic E-state index is 14.7. The molecule has 0 radical (unpaired) electrons. The average molecular weight is 655 g/mol. The third kappa shape index (κ3) is 6.38. The molecule has 6 aromatic rings. The van der Waals surface area contributed by atoms with E-state index < -0.39 is 23.5 Å². The highest BCUT2D eigenvalue weighted by Gasteiger charge is 2.33. The molecule has 0 bridgehead atoms. The number of fused-ring (bicyclic) bond motifs is 1. The normalized spacial score (nSPS) is 12.3. The van der Waals surface area contributed by atoms with Crippen molar-refractivity contribution in [1.82, 2.24) is 24.4 Å². The highest BCUT2D eigenvalue weighted by atomic mass is 35.5. The van der Waals surface area contributed by atoms with Crippen molar-refractivity contribution >= 4 is 17.2 Å². The maximum absolute atomic E-state index is 14.7. The lowest BCUT2D eigenvalue weighted by Gasteiger charge is -2.20. The van der Waals surface area contributed by atoms with Crippen molar-refractivity contribution in [1.29, 1.82) is 5.26 Å². The van der Waals surface area contributed by atoms with Crippen LogP contribution in [0.3, 0.4) is 0 Å². The van der Waals surface area contributed by atoms with Gasteiger partial charge in [0.1, 0.15) is 11.8 Å². The third-order valence-corrected chi connectivity index (χ3v) is 8.03. The van der Waals surface area contributed by atoms with Crippen LogP contribution in [0.25, 0.3) is 27.9 Å². The molecule has 0 unspecified atom stereocenters. The molecule has 8 nitrogen and oxygen atoms in total. The number of nitrogens with zero attached hydrogens (tertiary/aromatic N) is 6. The quantitative estimate of drug-likeness (QED) is 0.166. The van der Waals surface area contributed by atoms with Crippen molar-refractivity contribution in [2.24, 2.45) is 0 Å². The molecular weight excluding hydrogens is 629 g/mol. The Labute approximate surface area is 272 Å². The standard InChI is InChI=1S/C35H26ClF3N6O2/c1-21-27(14-17-29(41-21)35(37,38)39)19-44-34(46)31(26-10-8-23(18-40)9-11-26)30(25-12-15-28(36)16-13-25)33-43-42-32(45(33)44)22(2)47-20-24-6-4-3-5-7-24/h3-17,22H,19-20H2,1-2H3/t22-/m0/s1. The van der Waals surface area contributed by atoms with E-state index in [0.717, 1.165) is 11.6 Å². The number of benzene rings is 3. The lowest BCUT2D eigenvalue weighted by Crippen LogP contribution is -2.31. The lowest BCUT2D eigenvalue weighted by atomic mass is 9.96. The predicted molar refractivity (Wildman–Crippen MR) is 171 cm³/mol. The van der Waals surface area contributed by atoms with Crippen molar-refractivity contribution in [3.05, 3.63) is 140 Å². The fraction of sp³-hybridized carbons (Fsp3) is 0.171. The maximum Gasteiger partial charge on any atom is 0.433 e. The summed E-state index contributed by atoms with van der Waals surface area (Å²) in [5, 5.41) is 18.9. The van der Waals surface area contributed by atoms with Crippen molar-refractivity contribution in [2.75, 3.05) is 0 Å². The summed E-state index contributed by atoms with van der Waals surface area (Å²) < 4.78 is 49.4. The van der Waals surface area contributed by atoms with Crippen LogP contribution < -0.4 is 5.56 Å². The number of halogens is 4. The second kappa shape index (κ2) is 12.8. The van der Waals surface area contributed by atoms with E-state index in [2.05, 4.69) is 21.3 Å². The molecule has 0 aliphatic carbocycles. The summed E-state index contributed by atoms with van der Waals surface area (Å²) in [6, 6.07) is 27.3. The summed E-state index contributed by atoms with van der Waals surface area (Å²) in [4.78, 5) is 18.5. The first kappa shape index (κ1) is 31.7. The zero-order chi connectivity index (χ0) is 33.3. The number of hydrogen-bond donors (Lipinski definition) is 0. The molecule has 0 saturated heterocycles. The molecule has 3 aromatic carbocycles. The van der Waals surface area contributed by atoms with Crippen LogP contribution in [0.2, 0.25) is 5.02 Å². The number of pyridine rings is 1. The lowest BCUT2D eigenvalue weighted by molar-refractivity contribution is -0.141. The Morgan fingerprint density at radius 3 is 2.21 bits per heavy atom. The van der Waals surface area contributed by atoms with Crippen molar-refractivity contribution in [3.63, 3.8) is 0 Å². The molecule has 0 aliphatic rings. The summed E-state index contributed by atoms with van der Waals surface area (Å²) in [7, 11) is 0. The minimum absolute atomic E-state index is 0.115. The van der Waals surface area contributed by atoms with Crippen LogP contribution in [-0.4, -0.2) is 24.4 Å². The number of hydrogen-bond acceptors (Lipinski definition) is 6. The second-order valence-corrected chi connectivity index (χ2v) is 11.3. The molecule has 6 rings (SSSR count). The number of aryl methyl sites for hydroxylation is 1. The first-order chi connectivity index (χ1) is 22.5. The smallest absolute Gasteiger partial charge is 0.366 e. The minimum Gasteiger partial charge on any atom is -0.366 e. The Morgan fingerprint density at radius 2 is 1.57 bits per heavy atom. The molecule has 3 heterocycles. The number of alkyl halides is 3. The molecule has 236 valence electrons. The van der Waals surface area contributed by atoms with Gasteiger partial charge in [0.2, 0.25) is 0 Å². The molecule has 3 aromatic heterocycles. The van der Waals surface area contributed by atoms with E-state index in [0.29, 0.717) is 44.3 Å². The van der Waals surface area contributed by atoms with Gasteiger partial charge in [-0.05, 0) is 66.4 Å². The largest absolute Gasteiger partial charge is 0.433 e. The van der Waals surface area contributed by atoms with Gasteiger partial charge in [-0.3, -0.25) is 4.79 Å². The van der Waals surface area contributed by atoms with Gasteiger partial charge in [-0.25, -0.2) is 14.2 Å². The summed E-state index contributed by atoms with van der Waals surface area (Å²) in [6.07, 6.45) is -5.27. The molecule has 0 N–H and O–H groups in total. The van der Waals surface area contributed by atoms with Gasteiger partial charge in [0.25, 0.3) is 5.56 Å². The Hall–Kier alpha value is -5.31. The zero-order valence-electron chi connectivity index (χ0n) is 25.2. The van der Waals surface area contributed by atoms with Gasteiger partial charge in [0.05, 0.1) is 30.3 Å². The first-order valence-electron chi connectivity index (χ1n) is 14.5. The number of nitriles is 1. The van der Waals surface area contributed by atoms with E-state index in [1.165, 1.54) is 17.7 Å². The van der Waals surface area contributed by atoms with Gasteiger partial charge in [-0.15, -0.1) is 10.2 Å².